The number of hydrogen-bond acceptors (Lipinski definition) is 2. The lowest BCUT2D eigenvalue weighted by Crippen LogP contribution is -1.91. The molecule has 1 heterocycles. The van der Waals surface area contributed by atoms with Gasteiger partial charge in [-0.25, -0.2) is 9.37 Å². The second kappa shape index (κ2) is 4.36. The van der Waals surface area contributed by atoms with Crippen molar-refractivity contribution in [3.63, 3.8) is 0 Å². The second-order valence-electron chi connectivity index (χ2n) is 2.46. The number of carbonyl (C=O) groups is 1. The molecule has 0 saturated heterocycles. The number of rotatable bonds is 1. The Kier molecular flexibility index (Phi) is 3.15. The van der Waals surface area contributed by atoms with Gasteiger partial charge in [0.15, 0.2) is 5.82 Å². The predicted octanol–water partition coefficient (Wildman–Crippen LogP) is 1.47. The highest BCUT2D eigenvalue weighted by molar-refractivity contribution is 5.54. The standard InChI is InChI=1S/C10H8FNO/c1-8-5-6-9(11)10(12-8)4-2-3-7-13/h5-7H,3H2,1H3. The Morgan fingerprint density at radius 1 is 1.62 bits per heavy atom. The minimum absolute atomic E-state index is 0.0989. The molecule has 1 aromatic rings. The number of hydrogen-bond donors (Lipinski definition) is 0. The molecule has 0 bridgehead atoms. The van der Waals surface area contributed by atoms with Crippen LogP contribution in [0.2, 0.25) is 0 Å². The van der Waals surface area contributed by atoms with Crippen molar-refractivity contribution < 1.29 is 9.18 Å². The summed E-state index contributed by atoms with van der Waals surface area (Å²) in [5, 5.41) is 0. The second-order valence-corrected chi connectivity index (χ2v) is 2.46. The van der Waals surface area contributed by atoms with E-state index < -0.39 is 5.82 Å². The van der Waals surface area contributed by atoms with E-state index in [2.05, 4.69) is 16.8 Å². The molecule has 0 unspecified atom stereocenters. The summed E-state index contributed by atoms with van der Waals surface area (Å²) in [4.78, 5) is 13.8. The fraction of sp³-hybridized carbons (Fsp3) is 0.200. The molecule has 1 aromatic heterocycles. The first-order chi connectivity index (χ1) is 6.24. The number of aromatic nitrogens is 1. The van der Waals surface area contributed by atoms with Crippen LogP contribution in [0.15, 0.2) is 12.1 Å². The molecule has 13 heavy (non-hydrogen) atoms. The first-order valence-corrected chi connectivity index (χ1v) is 3.79. The molecule has 0 fully saturated rings. The van der Waals surface area contributed by atoms with Crippen LogP contribution in [0.3, 0.4) is 0 Å². The van der Waals surface area contributed by atoms with Gasteiger partial charge in [0.2, 0.25) is 0 Å². The van der Waals surface area contributed by atoms with Gasteiger partial charge in [0.25, 0.3) is 0 Å². The van der Waals surface area contributed by atoms with Crippen molar-refractivity contribution in [3.8, 4) is 11.8 Å². The lowest BCUT2D eigenvalue weighted by Gasteiger charge is -1.94. The highest BCUT2D eigenvalue weighted by Crippen LogP contribution is 2.03. The van der Waals surface area contributed by atoms with E-state index in [1.54, 1.807) is 13.0 Å². The van der Waals surface area contributed by atoms with Crippen LogP contribution >= 0.6 is 0 Å². The van der Waals surface area contributed by atoms with Crippen LogP contribution in [0, 0.1) is 24.6 Å². The van der Waals surface area contributed by atoms with E-state index in [4.69, 9.17) is 0 Å². The van der Waals surface area contributed by atoms with Gasteiger partial charge in [0.05, 0.1) is 6.42 Å². The highest BCUT2D eigenvalue weighted by Gasteiger charge is 1.98. The summed E-state index contributed by atoms with van der Waals surface area (Å²) in [5.74, 6) is 4.53. The summed E-state index contributed by atoms with van der Waals surface area (Å²) in [5.41, 5.74) is 0.804. The monoisotopic (exact) mass is 177 g/mol. The van der Waals surface area contributed by atoms with E-state index >= 15 is 0 Å². The van der Waals surface area contributed by atoms with Crippen molar-refractivity contribution in [2.45, 2.75) is 13.3 Å². The minimum Gasteiger partial charge on any atom is -0.302 e. The van der Waals surface area contributed by atoms with Crippen LogP contribution in [-0.2, 0) is 4.79 Å². The third kappa shape index (κ3) is 2.68. The largest absolute Gasteiger partial charge is 0.302 e. The molecule has 0 N–H and O–H groups in total. The molecule has 0 amide bonds. The van der Waals surface area contributed by atoms with E-state index in [1.807, 2.05) is 0 Å². The van der Waals surface area contributed by atoms with Crippen LogP contribution in [0.4, 0.5) is 4.39 Å². The number of aryl methyl sites for hydroxylation is 1. The molecular formula is C10H8FNO. The highest BCUT2D eigenvalue weighted by atomic mass is 19.1. The average Bonchev–Trinajstić information content (AvgIpc) is 2.11. The molecule has 0 spiro atoms. The van der Waals surface area contributed by atoms with Crippen LogP contribution in [0.5, 0.6) is 0 Å². The van der Waals surface area contributed by atoms with Crippen LogP contribution in [0.1, 0.15) is 17.8 Å². The van der Waals surface area contributed by atoms with Gasteiger partial charge in [-0.1, -0.05) is 5.92 Å². The molecule has 0 atom stereocenters. The van der Waals surface area contributed by atoms with Gasteiger partial charge in [-0.2, -0.15) is 0 Å². The smallest absolute Gasteiger partial charge is 0.157 e. The van der Waals surface area contributed by atoms with E-state index in [-0.39, 0.29) is 12.1 Å². The van der Waals surface area contributed by atoms with Crippen molar-refractivity contribution >= 4 is 6.29 Å². The zero-order valence-corrected chi connectivity index (χ0v) is 7.17. The molecule has 0 aliphatic heterocycles. The molecule has 3 heteroatoms. The van der Waals surface area contributed by atoms with E-state index in [9.17, 15) is 9.18 Å². The lowest BCUT2D eigenvalue weighted by molar-refractivity contribution is -0.107. The fourth-order valence-corrected chi connectivity index (χ4v) is 0.804. The summed E-state index contributed by atoms with van der Waals surface area (Å²) in [6.45, 7) is 1.75. The third-order valence-electron chi connectivity index (χ3n) is 1.38. The molecule has 66 valence electrons. The summed E-state index contributed by atoms with van der Waals surface area (Å²) in [7, 11) is 0. The maximum Gasteiger partial charge on any atom is 0.157 e. The number of nitrogens with zero attached hydrogens (tertiary/aromatic N) is 1. The molecule has 0 aliphatic rings. The zero-order chi connectivity index (χ0) is 9.68. The van der Waals surface area contributed by atoms with Crippen molar-refractivity contribution in [1.82, 2.24) is 4.98 Å². The predicted molar refractivity (Wildman–Crippen MR) is 46.5 cm³/mol. The minimum atomic E-state index is -0.455. The number of aldehydes is 1. The van der Waals surface area contributed by atoms with Gasteiger partial charge >= 0.3 is 0 Å². The van der Waals surface area contributed by atoms with Gasteiger partial charge in [0, 0.05) is 5.69 Å². The first kappa shape index (κ1) is 9.40. The maximum atomic E-state index is 12.9. The van der Waals surface area contributed by atoms with E-state index in [0.717, 1.165) is 0 Å². The Hall–Kier alpha value is -1.69. The maximum absolute atomic E-state index is 12.9. The van der Waals surface area contributed by atoms with Gasteiger partial charge in [-0.05, 0) is 25.0 Å². The molecule has 0 aliphatic carbocycles. The van der Waals surface area contributed by atoms with Gasteiger partial charge < -0.3 is 4.79 Å². The molecule has 1 rings (SSSR count). The Bertz CT molecular complexity index is 376. The Morgan fingerprint density at radius 3 is 3.08 bits per heavy atom. The van der Waals surface area contributed by atoms with Crippen LogP contribution < -0.4 is 0 Å². The van der Waals surface area contributed by atoms with Crippen molar-refractivity contribution in [2.75, 3.05) is 0 Å². The third-order valence-corrected chi connectivity index (χ3v) is 1.38. The Balaban J connectivity index is 2.95. The molecule has 0 aromatic carbocycles. The molecule has 0 radical (unpaired) electrons. The molecule has 2 nitrogen and oxygen atoms in total. The van der Waals surface area contributed by atoms with Crippen LogP contribution in [0.25, 0.3) is 0 Å². The summed E-state index contributed by atoms with van der Waals surface area (Å²) < 4.78 is 12.9. The zero-order valence-electron chi connectivity index (χ0n) is 7.17. The number of carbonyl (C=O) groups excluding carboxylic acids is 1. The normalized spacial score (nSPS) is 8.77. The quantitative estimate of drug-likeness (QED) is 0.480. The van der Waals surface area contributed by atoms with Gasteiger partial charge in [0.1, 0.15) is 12.0 Å². The van der Waals surface area contributed by atoms with Crippen molar-refractivity contribution in [1.29, 1.82) is 0 Å². The van der Waals surface area contributed by atoms with E-state index in [0.29, 0.717) is 12.0 Å². The molecule has 0 saturated carbocycles. The molecular weight excluding hydrogens is 169 g/mol. The number of halogens is 1. The summed E-state index contributed by atoms with van der Waals surface area (Å²) in [6, 6.07) is 2.88. The fourth-order valence-electron chi connectivity index (χ4n) is 0.804. The van der Waals surface area contributed by atoms with Crippen LogP contribution in [-0.4, -0.2) is 11.3 Å². The topological polar surface area (TPSA) is 30.0 Å². The van der Waals surface area contributed by atoms with Crippen molar-refractivity contribution in [3.05, 3.63) is 29.3 Å². The summed E-state index contributed by atoms with van der Waals surface area (Å²) >= 11 is 0. The van der Waals surface area contributed by atoms with E-state index in [1.165, 1.54) is 6.07 Å². The lowest BCUT2D eigenvalue weighted by atomic mass is 10.3. The van der Waals surface area contributed by atoms with Gasteiger partial charge in [-0.3, -0.25) is 0 Å². The van der Waals surface area contributed by atoms with Gasteiger partial charge in [-0.15, -0.1) is 0 Å². The Morgan fingerprint density at radius 2 is 2.38 bits per heavy atom. The summed E-state index contributed by atoms with van der Waals surface area (Å²) in [6.07, 6.45) is 0.774. The average molecular weight is 177 g/mol. The SMILES string of the molecule is Cc1ccc(F)c(C#CCC=O)n1. The Labute approximate surface area is 75.8 Å². The first-order valence-electron chi connectivity index (χ1n) is 3.79. The number of pyridine rings is 1. The van der Waals surface area contributed by atoms with Crippen molar-refractivity contribution in [2.24, 2.45) is 0 Å².